The zero-order valence-electron chi connectivity index (χ0n) is 43.5. The second kappa shape index (κ2) is 20.5. The van der Waals surface area contributed by atoms with Crippen molar-refractivity contribution < 1.29 is 20.4 Å². The summed E-state index contributed by atoms with van der Waals surface area (Å²) < 4.78 is 0. The quantitative estimate of drug-likeness (QED) is 0.0603. The molecule has 0 saturated heterocycles. The molecule has 0 heterocycles. The Morgan fingerprint density at radius 1 is 0.456 bits per heavy atom. The summed E-state index contributed by atoms with van der Waals surface area (Å²) in [7, 11) is 4.15. The summed E-state index contributed by atoms with van der Waals surface area (Å²) in [6.07, 6.45) is 5.06. The largest absolute Gasteiger partial charge is 0.507 e. The van der Waals surface area contributed by atoms with Gasteiger partial charge in [-0.3, -0.25) is 9.98 Å². The molecular formula is C60H78N4O4. The molecule has 0 atom stereocenters. The Bertz CT molecular complexity index is 2620. The number of benzene rings is 6. The molecule has 0 fully saturated rings. The van der Waals surface area contributed by atoms with E-state index in [1.807, 2.05) is 60.7 Å². The van der Waals surface area contributed by atoms with E-state index in [2.05, 4.69) is 131 Å². The van der Waals surface area contributed by atoms with E-state index in [0.717, 1.165) is 69.7 Å². The van der Waals surface area contributed by atoms with E-state index in [1.54, 1.807) is 12.4 Å². The number of hydrogen-bond acceptors (Lipinski definition) is 8. The third kappa shape index (κ3) is 12.1. The topological polar surface area (TPSA) is 112 Å². The van der Waals surface area contributed by atoms with Gasteiger partial charge < -0.3 is 30.2 Å². The molecule has 0 bridgehead atoms. The number of aliphatic imine (C=N–C) groups is 2. The van der Waals surface area contributed by atoms with Crippen LogP contribution in [-0.2, 0) is 34.7 Å². The van der Waals surface area contributed by atoms with Gasteiger partial charge in [-0.05, 0) is 118 Å². The van der Waals surface area contributed by atoms with E-state index >= 15 is 0 Å². The van der Waals surface area contributed by atoms with E-state index in [1.165, 1.54) is 11.1 Å². The highest BCUT2D eigenvalue weighted by Gasteiger charge is 2.27. The molecule has 6 rings (SSSR count). The van der Waals surface area contributed by atoms with Gasteiger partial charge in [0.2, 0.25) is 0 Å². The van der Waals surface area contributed by atoms with Crippen LogP contribution in [0.15, 0.2) is 94.9 Å². The molecule has 0 aromatic heterocycles. The SMILES string of the molecule is CN(CCC/N=C/c1cc2ccccc2c(-c2c(O)c(/C=N/CCCN(C)Cc3cc(C(C)(C)C)cc(C(C)(C)C)c3O)cc3ccccc23)c1O)Cc1cc(C(C)(C)C)cc(C(C)(C)C)c1O. The van der Waals surface area contributed by atoms with Crippen molar-refractivity contribution in [2.24, 2.45) is 9.98 Å². The van der Waals surface area contributed by atoms with Crippen LogP contribution in [0.2, 0.25) is 0 Å². The minimum absolute atomic E-state index is 0.0448. The first-order valence-corrected chi connectivity index (χ1v) is 24.4. The van der Waals surface area contributed by atoms with Crippen molar-refractivity contribution in [2.75, 3.05) is 40.3 Å². The summed E-state index contributed by atoms with van der Waals surface area (Å²) in [5.74, 6) is 0.861. The van der Waals surface area contributed by atoms with Gasteiger partial charge in [-0.1, -0.05) is 156 Å². The first-order chi connectivity index (χ1) is 31.8. The van der Waals surface area contributed by atoms with Crippen LogP contribution in [-0.4, -0.2) is 82.9 Å². The molecule has 0 aliphatic carbocycles. The van der Waals surface area contributed by atoms with Crippen molar-refractivity contribution in [1.82, 2.24) is 9.80 Å². The number of hydrogen-bond donors (Lipinski definition) is 4. The molecule has 0 spiro atoms. The van der Waals surface area contributed by atoms with Crippen LogP contribution >= 0.6 is 0 Å². The van der Waals surface area contributed by atoms with Crippen LogP contribution in [0.4, 0.5) is 0 Å². The fraction of sp³-hybridized carbons (Fsp3) is 0.433. The van der Waals surface area contributed by atoms with Gasteiger partial charge in [-0.25, -0.2) is 0 Å². The smallest absolute Gasteiger partial charge is 0.132 e. The molecule has 6 aromatic carbocycles. The van der Waals surface area contributed by atoms with Crippen LogP contribution < -0.4 is 0 Å². The summed E-state index contributed by atoms with van der Waals surface area (Å²) in [5, 5.41) is 50.5. The van der Waals surface area contributed by atoms with Crippen LogP contribution in [0.25, 0.3) is 32.7 Å². The Morgan fingerprint density at radius 3 is 1.15 bits per heavy atom. The highest BCUT2D eigenvalue weighted by molar-refractivity contribution is 6.14. The fourth-order valence-electron chi connectivity index (χ4n) is 8.99. The van der Waals surface area contributed by atoms with Crippen molar-refractivity contribution in [3.05, 3.63) is 129 Å². The van der Waals surface area contributed by atoms with E-state index in [4.69, 9.17) is 9.98 Å². The van der Waals surface area contributed by atoms with Crippen LogP contribution in [0.5, 0.6) is 23.0 Å². The van der Waals surface area contributed by atoms with Crippen molar-refractivity contribution in [3.8, 4) is 34.1 Å². The van der Waals surface area contributed by atoms with Gasteiger partial charge in [0.05, 0.1) is 0 Å². The number of fused-ring (bicyclic) bond motifs is 2. The number of phenols is 4. The molecule has 0 radical (unpaired) electrons. The average Bonchev–Trinajstić information content (AvgIpc) is 3.24. The standard InChI is InChI=1S/C60H78N4O4/c1-57(2,3)45-31-43(53(65)49(33-45)59(7,8)9)37-63(13)27-19-25-61-35-41-29-39-21-15-17-23-47(39)51(55(41)67)52-48-24-18-16-22-40(48)30-42(56(52)68)36-62-26-20-28-64(14)38-44-32-46(58(4,5)6)34-50(54(44)66)60(10,11)12/h15-18,21-24,29-36,65-68H,19-20,25-28,37-38H2,1-14H3/b61-35+,62-36+. The summed E-state index contributed by atoms with van der Waals surface area (Å²) in [6.45, 7) is 30.0. The van der Waals surface area contributed by atoms with Gasteiger partial charge in [0.1, 0.15) is 23.0 Å². The number of aromatic hydroxyl groups is 4. The minimum atomic E-state index is -0.186. The van der Waals surface area contributed by atoms with Crippen molar-refractivity contribution in [3.63, 3.8) is 0 Å². The number of phenolic OH excluding ortho intramolecular Hbond substituents is 4. The number of nitrogens with zero attached hydrogens (tertiary/aromatic N) is 4. The highest BCUT2D eigenvalue weighted by atomic mass is 16.3. The maximum atomic E-state index is 12.2. The van der Waals surface area contributed by atoms with Gasteiger partial charge in [-0.2, -0.15) is 0 Å². The average molecular weight is 919 g/mol. The van der Waals surface area contributed by atoms with Gasteiger partial charge in [0.25, 0.3) is 0 Å². The lowest BCUT2D eigenvalue weighted by atomic mass is 9.79. The Morgan fingerprint density at radius 2 is 0.809 bits per heavy atom. The second-order valence-corrected chi connectivity index (χ2v) is 23.1. The van der Waals surface area contributed by atoms with Gasteiger partial charge in [-0.15, -0.1) is 0 Å². The molecule has 0 amide bonds. The van der Waals surface area contributed by atoms with Gasteiger partial charge in [0, 0.05) is 72.0 Å². The molecule has 0 aliphatic heterocycles. The van der Waals surface area contributed by atoms with Crippen molar-refractivity contribution in [2.45, 2.75) is 131 Å². The van der Waals surface area contributed by atoms with Gasteiger partial charge in [0.15, 0.2) is 0 Å². The Balaban J connectivity index is 1.19. The Labute approximate surface area is 407 Å². The molecule has 362 valence electrons. The first-order valence-electron chi connectivity index (χ1n) is 24.4. The lowest BCUT2D eigenvalue weighted by Crippen LogP contribution is -2.22. The number of rotatable bonds is 15. The minimum Gasteiger partial charge on any atom is -0.507 e. The first kappa shape index (κ1) is 51.7. The van der Waals surface area contributed by atoms with E-state index in [-0.39, 0.29) is 33.2 Å². The summed E-state index contributed by atoms with van der Waals surface area (Å²) in [4.78, 5) is 14.0. The van der Waals surface area contributed by atoms with Crippen LogP contribution in [0.1, 0.15) is 140 Å². The monoisotopic (exact) mass is 919 g/mol. The third-order valence-corrected chi connectivity index (χ3v) is 13.1. The lowest BCUT2D eigenvalue weighted by Gasteiger charge is -2.28. The van der Waals surface area contributed by atoms with E-state index < -0.39 is 0 Å². The predicted octanol–water partition coefficient (Wildman–Crippen LogP) is 13.6. The molecule has 0 aliphatic rings. The molecule has 4 N–H and O–H groups in total. The molecule has 68 heavy (non-hydrogen) atoms. The molecule has 8 nitrogen and oxygen atoms in total. The molecule has 6 aromatic rings. The fourth-order valence-corrected chi connectivity index (χ4v) is 8.99. The van der Waals surface area contributed by atoms with Gasteiger partial charge >= 0.3 is 0 Å². The summed E-state index contributed by atoms with van der Waals surface area (Å²) >= 11 is 0. The third-order valence-electron chi connectivity index (χ3n) is 13.1. The van der Waals surface area contributed by atoms with Crippen LogP contribution in [0, 0.1) is 0 Å². The maximum Gasteiger partial charge on any atom is 0.132 e. The maximum absolute atomic E-state index is 12.2. The van der Waals surface area contributed by atoms with Crippen LogP contribution in [0.3, 0.4) is 0 Å². The molecule has 0 saturated carbocycles. The predicted molar refractivity (Wildman–Crippen MR) is 288 cm³/mol. The Hall–Kier alpha value is -5.70. The second-order valence-electron chi connectivity index (χ2n) is 23.1. The highest BCUT2D eigenvalue weighted by Crippen LogP contribution is 2.47. The lowest BCUT2D eigenvalue weighted by molar-refractivity contribution is 0.316. The van der Waals surface area contributed by atoms with E-state index in [0.29, 0.717) is 59.9 Å². The summed E-state index contributed by atoms with van der Waals surface area (Å²) in [5.41, 5.74) is 8.02. The van der Waals surface area contributed by atoms with Crippen molar-refractivity contribution in [1.29, 1.82) is 0 Å². The normalized spacial score (nSPS) is 13.1. The molecule has 0 unspecified atom stereocenters. The van der Waals surface area contributed by atoms with E-state index in [9.17, 15) is 20.4 Å². The van der Waals surface area contributed by atoms with Crippen molar-refractivity contribution >= 4 is 34.0 Å². The zero-order valence-corrected chi connectivity index (χ0v) is 43.5. The zero-order chi connectivity index (χ0) is 49.9. The summed E-state index contributed by atoms with van der Waals surface area (Å²) in [6, 6.07) is 28.4. The Kier molecular flexibility index (Phi) is 15.6. The molecular weight excluding hydrogens is 841 g/mol. The molecule has 8 heteroatoms.